The van der Waals surface area contributed by atoms with Crippen molar-refractivity contribution in [2.45, 2.75) is 26.2 Å². The van der Waals surface area contributed by atoms with Gasteiger partial charge in [0.15, 0.2) is 0 Å². The Kier molecular flexibility index (Phi) is 4.81. The maximum atomic E-state index is 4.47. The molecule has 0 fully saturated rings. The predicted octanol–water partition coefficient (Wildman–Crippen LogP) is 6.25. The van der Waals surface area contributed by atoms with Crippen LogP contribution in [0, 0.1) is 13.8 Å². The lowest BCUT2D eigenvalue weighted by atomic mass is 9.73. The molecule has 6 rings (SSSR count). The first-order valence-corrected chi connectivity index (χ1v) is 11.8. The standard InChI is InChI=1S/C30H27N5/c1-20-8-10-23(11-9-20)30(3,29-18-31-19-34(29)4)24-12-13-28-27(15-24)26(16-25-17-32-33-35(25)28)22-7-5-6-21(2)14-22/h5-19H,1-4H3. The molecular weight excluding hydrogens is 430 g/mol. The summed E-state index contributed by atoms with van der Waals surface area (Å²) in [7, 11) is 2.06. The number of aromatic nitrogens is 5. The summed E-state index contributed by atoms with van der Waals surface area (Å²) >= 11 is 0. The van der Waals surface area contributed by atoms with Gasteiger partial charge in [-0.15, -0.1) is 5.10 Å². The summed E-state index contributed by atoms with van der Waals surface area (Å²) < 4.78 is 4.04. The molecule has 35 heavy (non-hydrogen) atoms. The number of hydrogen-bond acceptors (Lipinski definition) is 3. The average Bonchev–Trinajstić information content (AvgIpc) is 3.52. The Morgan fingerprint density at radius 1 is 0.800 bits per heavy atom. The number of hydrogen-bond donors (Lipinski definition) is 0. The minimum Gasteiger partial charge on any atom is -0.337 e. The van der Waals surface area contributed by atoms with E-state index in [1.807, 2.05) is 23.2 Å². The zero-order valence-corrected chi connectivity index (χ0v) is 20.4. The van der Waals surface area contributed by atoms with Gasteiger partial charge in [-0.1, -0.05) is 70.9 Å². The van der Waals surface area contributed by atoms with Crippen LogP contribution in [0.15, 0.2) is 91.5 Å². The molecule has 3 aromatic heterocycles. The molecule has 0 N–H and O–H groups in total. The molecule has 0 saturated heterocycles. The first-order chi connectivity index (χ1) is 16.9. The zero-order chi connectivity index (χ0) is 24.2. The molecule has 172 valence electrons. The fourth-order valence-corrected chi connectivity index (χ4v) is 5.24. The topological polar surface area (TPSA) is 48.0 Å². The molecule has 3 aromatic carbocycles. The molecule has 0 spiro atoms. The van der Waals surface area contributed by atoms with Crippen molar-refractivity contribution in [2.75, 3.05) is 0 Å². The largest absolute Gasteiger partial charge is 0.337 e. The summed E-state index contributed by atoms with van der Waals surface area (Å²) in [6.07, 6.45) is 5.67. The molecule has 5 heteroatoms. The third-order valence-electron chi connectivity index (χ3n) is 7.25. The smallest absolute Gasteiger partial charge is 0.0945 e. The predicted molar refractivity (Wildman–Crippen MR) is 141 cm³/mol. The Morgan fingerprint density at radius 3 is 2.34 bits per heavy atom. The van der Waals surface area contributed by atoms with E-state index < -0.39 is 5.41 Å². The van der Waals surface area contributed by atoms with Gasteiger partial charge < -0.3 is 4.57 Å². The van der Waals surface area contributed by atoms with Crippen LogP contribution >= 0.6 is 0 Å². The maximum absolute atomic E-state index is 4.47. The molecule has 0 amide bonds. The van der Waals surface area contributed by atoms with Crippen molar-refractivity contribution >= 4 is 16.4 Å². The zero-order valence-electron chi connectivity index (χ0n) is 20.4. The summed E-state index contributed by atoms with van der Waals surface area (Å²) in [6.45, 7) is 6.54. The molecule has 0 aliphatic heterocycles. The first kappa shape index (κ1) is 21.3. The molecule has 6 aromatic rings. The number of fused-ring (bicyclic) bond motifs is 3. The quantitative estimate of drug-likeness (QED) is 0.314. The molecular formula is C30H27N5. The minimum atomic E-state index is -0.395. The number of nitrogens with zero attached hydrogens (tertiary/aromatic N) is 5. The van der Waals surface area contributed by atoms with Gasteiger partial charge in [0, 0.05) is 18.6 Å². The van der Waals surface area contributed by atoms with Crippen molar-refractivity contribution < 1.29 is 0 Å². The molecule has 1 atom stereocenters. The second kappa shape index (κ2) is 7.91. The maximum Gasteiger partial charge on any atom is 0.0945 e. The van der Waals surface area contributed by atoms with E-state index in [2.05, 4.69) is 120 Å². The second-order valence-electron chi connectivity index (χ2n) is 9.61. The average molecular weight is 458 g/mol. The molecule has 0 bridgehead atoms. The Balaban J connectivity index is 1.68. The number of aryl methyl sites for hydroxylation is 3. The summed E-state index contributed by atoms with van der Waals surface area (Å²) in [4.78, 5) is 4.47. The van der Waals surface area contributed by atoms with Crippen LogP contribution in [0.4, 0.5) is 0 Å². The van der Waals surface area contributed by atoms with Crippen molar-refractivity contribution in [1.82, 2.24) is 24.4 Å². The van der Waals surface area contributed by atoms with E-state index in [9.17, 15) is 0 Å². The van der Waals surface area contributed by atoms with Crippen molar-refractivity contribution in [3.8, 4) is 11.1 Å². The van der Waals surface area contributed by atoms with Crippen LogP contribution in [0.2, 0.25) is 0 Å². The van der Waals surface area contributed by atoms with E-state index in [-0.39, 0.29) is 0 Å². The summed E-state index contributed by atoms with van der Waals surface area (Å²) in [6, 6.07) is 26.4. The van der Waals surface area contributed by atoms with Crippen molar-refractivity contribution in [3.63, 3.8) is 0 Å². The van der Waals surface area contributed by atoms with Gasteiger partial charge in [0.1, 0.15) is 0 Å². The highest BCUT2D eigenvalue weighted by Crippen LogP contribution is 2.41. The van der Waals surface area contributed by atoms with Crippen LogP contribution in [0.5, 0.6) is 0 Å². The Hall–Kier alpha value is -4.25. The lowest BCUT2D eigenvalue weighted by molar-refractivity contribution is 0.626. The van der Waals surface area contributed by atoms with Gasteiger partial charge in [0.25, 0.3) is 0 Å². The van der Waals surface area contributed by atoms with Crippen molar-refractivity contribution in [1.29, 1.82) is 0 Å². The second-order valence-corrected chi connectivity index (χ2v) is 9.61. The van der Waals surface area contributed by atoms with Crippen LogP contribution in [-0.2, 0) is 12.5 Å². The van der Waals surface area contributed by atoms with Gasteiger partial charge in [-0.05, 0) is 61.2 Å². The Bertz CT molecular complexity index is 1690. The van der Waals surface area contributed by atoms with E-state index in [0.717, 1.165) is 22.1 Å². The van der Waals surface area contributed by atoms with Crippen LogP contribution in [-0.4, -0.2) is 24.4 Å². The minimum absolute atomic E-state index is 0.395. The highest BCUT2D eigenvalue weighted by atomic mass is 15.4. The fraction of sp³-hybridized carbons (Fsp3) is 0.167. The lowest BCUT2D eigenvalue weighted by Gasteiger charge is -2.32. The van der Waals surface area contributed by atoms with Crippen LogP contribution in [0.1, 0.15) is 34.9 Å². The lowest BCUT2D eigenvalue weighted by Crippen LogP contribution is -2.28. The third-order valence-corrected chi connectivity index (χ3v) is 7.25. The first-order valence-electron chi connectivity index (χ1n) is 11.8. The van der Waals surface area contributed by atoms with Gasteiger partial charge >= 0.3 is 0 Å². The van der Waals surface area contributed by atoms with Crippen molar-refractivity contribution in [3.05, 3.63) is 119 Å². The number of imidazole rings is 1. The molecule has 0 saturated carbocycles. The SMILES string of the molecule is Cc1ccc(C(C)(c2ccc3c(c2)c(-c2cccc(C)c2)cc2cnnn23)c2cncn2C)cc1. The van der Waals surface area contributed by atoms with Gasteiger partial charge in [-0.3, -0.25) is 0 Å². The van der Waals surface area contributed by atoms with E-state index in [0.29, 0.717) is 0 Å². The van der Waals surface area contributed by atoms with Gasteiger partial charge in [-0.25, -0.2) is 9.50 Å². The van der Waals surface area contributed by atoms with Crippen molar-refractivity contribution in [2.24, 2.45) is 7.05 Å². The molecule has 3 heterocycles. The van der Waals surface area contributed by atoms with Crippen LogP contribution in [0.3, 0.4) is 0 Å². The van der Waals surface area contributed by atoms with E-state index in [4.69, 9.17) is 0 Å². The molecule has 0 radical (unpaired) electrons. The molecule has 1 unspecified atom stereocenters. The summed E-state index contributed by atoms with van der Waals surface area (Å²) in [5.74, 6) is 0. The summed E-state index contributed by atoms with van der Waals surface area (Å²) in [5.41, 5.74) is 10.0. The summed E-state index contributed by atoms with van der Waals surface area (Å²) in [5, 5.41) is 9.70. The molecule has 0 aliphatic carbocycles. The highest BCUT2D eigenvalue weighted by Gasteiger charge is 2.34. The Labute approximate surface area is 204 Å². The highest BCUT2D eigenvalue weighted by molar-refractivity contribution is 5.98. The van der Waals surface area contributed by atoms with Gasteiger partial charge in [-0.2, -0.15) is 0 Å². The third kappa shape index (κ3) is 3.35. The number of rotatable bonds is 4. The molecule has 0 aliphatic rings. The van der Waals surface area contributed by atoms with Crippen LogP contribution < -0.4 is 0 Å². The normalized spacial score (nSPS) is 13.4. The van der Waals surface area contributed by atoms with E-state index in [1.54, 1.807) is 0 Å². The van der Waals surface area contributed by atoms with E-state index >= 15 is 0 Å². The van der Waals surface area contributed by atoms with Gasteiger partial charge in [0.05, 0.1) is 34.7 Å². The number of benzene rings is 3. The fourth-order valence-electron chi connectivity index (χ4n) is 5.24. The van der Waals surface area contributed by atoms with Crippen LogP contribution in [0.25, 0.3) is 27.5 Å². The number of pyridine rings is 1. The van der Waals surface area contributed by atoms with Gasteiger partial charge in [0.2, 0.25) is 0 Å². The molecule has 5 nitrogen and oxygen atoms in total. The monoisotopic (exact) mass is 457 g/mol. The Morgan fingerprint density at radius 2 is 1.60 bits per heavy atom. The van der Waals surface area contributed by atoms with E-state index in [1.165, 1.54) is 33.4 Å².